The van der Waals surface area contributed by atoms with Gasteiger partial charge in [-0.25, -0.2) is 4.79 Å². The number of ether oxygens (including phenoxy) is 1. The summed E-state index contributed by atoms with van der Waals surface area (Å²) in [5.74, 6) is 0.339. The Kier molecular flexibility index (Phi) is 7.10. The van der Waals surface area contributed by atoms with Gasteiger partial charge < -0.3 is 10.1 Å². The van der Waals surface area contributed by atoms with Gasteiger partial charge in [0.1, 0.15) is 0 Å². The number of hydrogen-bond donors (Lipinski definition) is 1. The molecule has 3 nitrogen and oxygen atoms in total. The lowest BCUT2D eigenvalue weighted by Crippen LogP contribution is -2.19. The van der Waals surface area contributed by atoms with Gasteiger partial charge in [-0.05, 0) is 64.0 Å². The fourth-order valence-electron chi connectivity index (χ4n) is 3.18. The average molecular weight is 327 g/mol. The Hall–Kier alpha value is -2.03. The predicted molar refractivity (Wildman–Crippen MR) is 100 cm³/mol. The summed E-state index contributed by atoms with van der Waals surface area (Å²) in [6.45, 7) is 5.20. The van der Waals surface area contributed by atoms with Crippen LogP contribution in [0, 0.1) is 5.92 Å². The molecule has 24 heavy (non-hydrogen) atoms. The van der Waals surface area contributed by atoms with Gasteiger partial charge in [0, 0.05) is 12.2 Å². The number of benzene rings is 1. The number of anilines is 1. The van der Waals surface area contributed by atoms with Crippen molar-refractivity contribution in [3.63, 3.8) is 0 Å². The first-order chi connectivity index (χ1) is 11.6. The molecule has 0 fully saturated rings. The van der Waals surface area contributed by atoms with Crippen LogP contribution in [0.5, 0.6) is 0 Å². The number of rotatable bonds is 7. The normalized spacial score (nSPS) is 17.0. The first-order valence-electron chi connectivity index (χ1n) is 8.82. The fraction of sp³-hybridized carbons (Fsp3) is 0.476. The van der Waals surface area contributed by atoms with Crippen LogP contribution in [0.4, 0.5) is 5.69 Å². The summed E-state index contributed by atoms with van der Waals surface area (Å²) in [5, 5.41) is 3.45. The molecule has 0 bridgehead atoms. The smallest absolute Gasteiger partial charge is 0.339 e. The highest BCUT2D eigenvalue weighted by Gasteiger charge is 2.17. The molecule has 1 aromatic rings. The Morgan fingerprint density at radius 2 is 2.12 bits per heavy atom. The molecule has 3 heteroatoms. The molecule has 0 aromatic heterocycles. The van der Waals surface area contributed by atoms with Crippen LogP contribution in [0.15, 0.2) is 47.6 Å². The zero-order valence-electron chi connectivity index (χ0n) is 15.1. The number of esters is 1. The van der Waals surface area contributed by atoms with Crippen molar-refractivity contribution in [2.45, 2.75) is 46.0 Å². The Morgan fingerprint density at radius 3 is 2.88 bits per heavy atom. The molecule has 1 aromatic carbocycles. The molecule has 1 N–H and O–H groups in total. The van der Waals surface area contributed by atoms with Gasteiger partial charge in [0.25, 0.3) is 0 Å². The van der Waals surface area contributed by atoms with E-state index in [1.807, 2.05) is 18.2 Å². The highest BCUT2D eigenvalue weighted by molar-refractivity contribution is 5.95. The summed E-state index contributed by atoms with van der Waals surface area (Å²) in [7, 11) is 1.42. The third kappa shape index (κ3) is 5.55. The van der Waals surface area contributed by atoms with Crippen LogP contribution in [0.25, 0.3) is 0 Å². The van der Waals surface area contributed by atoms with Crippen molar-refractivity contribution in [2.24, 2.45) is 5.92 Å². The second kappa shape index (κ2) is 9.31. The molecule has 0 radical (unpaired) electrons. The van der Waals surface area contributed by atoms with E-state index in [0.29, 0.717) is 11.5 Å². The molecular weight excluding hydrogens is 298 g/mol. The largest absolute Gasteiger partial charge is 0.465 e. The summed E-state index contributed by atoms with van der Waals surface area (Å²) in [4.78, 5) is 11.8. The van der Waals surface area contributed by atoms with Crippen molar-refractivity contribution in [3.05, 3.63) is 53.1 Å². The summed E-state index contributed by atoms with van der Waals surface area (Å²) < 4.78 is 4.86. The van der Waals surface area contributed by atoms with Crippen LogP contribution >= 0.6 is 0 Å². The number of carbonyl (C=O) groups is 1. The molecule has 130 valence electrons. The maximum Gasteiger partial charge on any atom is 0.339 e. The minimum absolute atomic E-state index is 0.288. The van der Waals surface area contributed by atoms with E-state index in [1.54, 1.807) is 11.6 Å². The molecule has 0 saturated heterocycles. The van der Waals surface area contributed by atoms with Gasteiger partial charge in [0.2, 0.25) is 0 Å². The van der Waals surface area contributed by atoms with Crippen LogP contribution in [-0.2, 0) is 4.74 Å². The molecule has 0 aliphatic heterocycles. The lowest BCUT2D eigenvalue weighted by atomic mass is 9.86. The third-order valence-corrected chi connectivity index (χ3v) is 4.49. The van der Waals surface area contributed by atoms with Crippen LogP contribution < -0.4 is 5.32 Å². The van der Waals surface area contributed by atoms with Crippen molar-refractivity contribution in [3.8, 4) is 0 Å². The van der Waals surface area contributed by atoms with Crippen molar-refractivity contribution in [1.29, 1.82) is 0 Å². The van der Waals surface area contributed by atoms with E-state index in [2.05, 4.69) is 31.3 Å². The van der Waals surface area contributed by atoms with Crippen LogP contribution in [0.3, 0.4) is 0 Å². The van der Waals surface area contributed by atoms with E-state index < -0.39 is 0 Å². The van der Waals surface area contributed by atoms with Gasteiger partial charge in [-0.2, -0.15) is 0 Å². The number of nitrogens with one attached hydrogen (secondary N) is 1. The zero-order chi connectivity index (χ0) is 17.4. The highest BCUT2D eigenvalue weighted by atomic mass is 16.5. The van der Waals surface area contributed by atoms with E-state index >= 15 is 0 Å². The number of allylic oxidation sites excluding steroid dienone is 4. The standard InChI is InChI=1S/C21H29NO2/c1-16(2)8-6-9-17-10-7-11-18(14-17)15-22-20-13-5-4-12-19(20)21(23)24-3/h4-5,8,10,12-13,18,22H,6-7,9,11,14-15H2,1-3H3. The van der Waals surface area contributed by atoms with Gasteiger partial charge in [-0.1, -0.05) is 35.4 Å². The minimum atomic E-state index is -0.288. The summed E-state index contributed by atoms with van der Waals surface area (Å²) in [6.07, 6.45) is 10.6. The number of methoxy groups -OCH3 is 1. The fourth-order valence-corrected chi connectivity index (χ4v) is 3.18. The molecule has 0 saturated carbocycles. The quantitative estimate of drug-likeness (QED) is 0.541. The molecule has 0 spiro atoms. The molecule has 1 unspecified atom stereocenters. The Bertz CT molecular complexity index is 612. The van der Waals surface area contributed by atoms with Gasteiger partial charge >= 0.3 is 5.97 Å². The third-order valence-electron chi connectivity index (χ3n) is 4.49. The monoisotopic (exact) mass is 327 g/mol. The first-order valence-corrected chi connectivity index (χ1v) is 8.82. The van der Waals surface area contributed by atoms with Crippen molar-refractivity contribution < 1.29 is 9.53 Å². The maximum absolute atomic E-state index is 11.8. The van der Waals surface area contributed by atoms with Gasteiger partial charge in [0.05, 0.1) is 12.7 Å². The molecule has 0 amide bonds. The molecule has 2 rings (SSSR count). The van der Waals surface area contributed by atoms with Crippen LogP contribution in [-0.4, -0.2) is 19.6 Å². The second-order valence-corrected chi connectivity index (χ2v) is 6.75. The number of para-hydroxylation sites is 1. The minimum Gasteiger partial charge on any atom is -0.465 e. The van der Waals surface area contributed by atoms with E-state index in [-0.39, 0.29) is 5.97 Å². The van der Waals surface area contributed by atoms with E-state index in [0.717, 1.165) is 31.5 Å². The van der Waals surface area contributed by atoms with Gasteiger partial charge in [-0.3, -0.25) is 0 Å². The first kappa shape index (κ1) is 18.3. The van der Waals surface area contributed by atoms with Crippen LogP contribution in [0.1, 0.15) is 56.3 Å². The van der Waals surface area contributed by atoms with E-state index in [4.69, 9.17) is 4.74 Å². The summed E-state index contributed by atoms with van der Waals surface area (Å²) in [6, 6.07) is 7.56. The molecular formula is C21H29NO2. The van der Waals surface area contributed by atoms with Gasteiger partial charge in [0.15, 0.2) is 0 Å². The highest BCUT2D eigenvalue weighted by Crippen LogP contribution is 2.28. The topological polar surface area (TPSA) is 38.3 Å². The summed E-state index contributed by atoms with van der Waals surface area (Å²) >= 11 is 0. The van der Waals surface area contributed by atoms with Crippen molar-refractivity contribution >= 4 is 11.7 Å². The van der Waals surface area contributed by atoms with E-state index in [1.165, 1.54) is 25.5 Å². The number of hydrogen-bond acceptors (Lipinski definition) is 3. The zero-order valence-corrected chi connectivity index (χ0v) is 15.1. The molecule has 0 heterocycles. The maximum atomic E-state index is 11.8. The SMILES string of the molecule is COC(=O)c1ccccc1NCC1CCC=C(CCC=C(C)C)C1. The second-order valence-electron chi connectivity index (χ2n) is 6.75. The lowest BCUT2D eigenvalue weighted by molar-refractivity contribution is 0.0602. The Morgan fingerprint density at radius 1 is 1.33 bits per heavy atom. The van der Waals surface area contributed by atoms with Crippen LogP contribution in [0.2, 0.25) is 0 Å². The van der Waals surface area contributed by atoms with Crippen molar-refractivity contribution in [2.75, 3.05) is 19.0 Å². The predicted octanol–water partition coefficient (Wildman–Crippen LogP) is 5.36. The molecule has 1 aliphatic carbocycles. The average Bonchev–Trinajstić information content (AvgIpc) is 2.59. The Labute approximate surface area is 145 Å². The van der Waals surface area contributed by atoms with E-state index in [9.17, 15) is 4.79 Å². The molecule has 1 aliphatic rings. The Balaban J connectivity index is 1.88. The molecule has 1 atom stereocenters. The summed E-state index contributed by atoms with van der Waals surface area (Å²) in [5.41, 5.74) is 4.44. The van der Waals surface area contributed by atoms with Crippen molar-refractivity contribution in [1.82, 2.24) is 0 Å². The number of carbonyl (C=O) groups excluding carboxylic acids is 1. The van der Waals surface area contributed by atoms with Gasteiger partial charge in [-0.15, -0.1) is 0 Å². The lowest BCUT2D eigenvalue weighted by Gasteiger charge is -2.24.